The maximum Gasteiger partial charge on any atom is 0.490 e. The number of primary amides is 1. The molecular weight excluding hydrogens is 495 g/mol. The standard InChI is InChI=1S/C21H29N7O2.C2HF3O2/c1-26-9-11-27(12-10-26)15-5-6-16(18(13-15)28-7-3-2-4-8-28)25-21(30)17-14-23-20(24-17)19(22)29;3-2(4,5)1(6)7/h5-6,13-14H,2-4,7-12H2,1H3,(H2,22,29)(H,23,24)(H,25,30);(H,6,7). The summed E-state index contributed by atoms with van der Waals surface area (Å²) in [5, 5.41) is 10.1. The summed E-state index contributed by atoms with van der Waals surface area (Å²) in [5.41, 5.74) is 8.40. The van der Waals surface area contributed by atoms with Gasteiger partial charge >= 0.3 is 12.1 Å². The predicted molar refractivity (Wildman–Crippen MR) is 131 cm³/mol. The number of hydrogen-bond donors (Lipinski definition) is 4. The van der Waals surface area contributed by atoms with Crippen LogP contribution in [0.1, 0.15) is 40.4 Å². The summed E-state index contributed by atoms with van der Waals surface area (Å²) >= 11 is 0. The number of H-pyrrole nitrogens is 1. The number of halogens is 3. The molecular formula is C23H30F3N7O4. The number of nitrogens with one attached hydrogen (secondary N) is 2. The van der Waals surface area contributed by atoms with Crippen LogP contribution in [0.25, 0.3) is 0 Å². The number of rotatable bonds is 5. The molecule has 1 aromatic heterocycles. The van der Waals surface area contributed by atoms with Crippen molar-refractivity contribution in [3.8, 4) is 0 Å². The van der Waals surface area contributed by atoms with Gasteiger partial charge in [-0.25, -0.2) is 9.78 Å². The lowest BCUT2D eigenvalue weighted by Gasteiger charge is -2.36. The maximum atomic E-state index is 12.7. The highest BCUT2D eigenvalue weighted by molar-refractivity contribution is 6.05. The van der Waals surface area contributed by atoms with Gasteiger partial charge in [0.2, 0.25) is 0 Å². The number of aromatic amines is 1. The Hall–Kier alpha value is -3.81. The van der Waals surface area contributed by atoms with Crippen LogP contribution in [0.5, 0.6) is 0 Å². The fourth-order valence-electron chi connectivity index (χ4n) is 4.03. The number of carbonyl (C=O) groups is 3. The van der Waals surface area contributed by atoms with Crippen molar-refractivity contribution >= 4 is 34.8 Å². The molecule has 3 heterocycles. The van der Waals surface area contributed by atoms with E-state index < -0.39 is 18.1 Å². The van der Waals surface area contributed by atoms with Gasteiger partial charge in [-0.1, -0.05) is 0 Å². The van der Waals surface area contributed by atoms with E-state index in [0.29, 0.717) is 0 Å². The first kappa shape index (κ1) is 27.8. The van der Waals surface area contributed by atoms with E-state index in [2.05, 4.69) is 49.2 Å². The van der Waals surface area contributed by atoms with Crippen LogP contribution in [0.3, 0.4) is 0 Å². The van der Waals surface area contributed by atoms with Crippen molar-refractivity contribution in [3.05, 3.63) is 35.9 Å². The second-order valence-corrected chi connectivity index (χ2v) is 8.81. The molecule has 2 aliphatic rings. The van der Waals surface area contributed by atoms with Gasteiger partial charge in [0.25, 0.3) is 11.8 Å². The summed E-state index contributed by atoms with van der Waals surface area (Å²) in [4.78, 5) is 46.5. The van der Waals surface area contributed by atoms with E-state index in [1.807, 2.05) is 6.07 Å². The average molecular weight is 526 g/mol. The summed E-state index contributed by atoms with van der Waals surface area (Å²) in [6, 6.07) is 6.23. The number of carboxylic acids is 1. The lowest BCUT2D eigenvalue weighted by molar-refractivity contribution is -0.192. The number of benzene rings is 1. The highest BCUT2D eigenvalue weighted by Gasteiger charge is 2.38. The average Bonchev–Trinajstić information content (AvgIpc) is 3.36. The molecule has 202 valence electrons. The summed E-state index contributed by atoms with van der Waals surface area (Å²) in [7, 11) is 2.15. The van der Waals surface area contributed by atoms with Crippen molar-refractivity contribution in [2.75, 3.05) is 61.4 Å². The Morgan fingerprint density at radius 2 is 1.65 bits per heavy atom. The molecule has 14 heteroatoms. The lowest BCUT2D eigenvalue weighted by Crippen LogP contribution is -2.44. The van der Waals surface area contributed by atoms with E-state index in [4.69, 9.17) is 15.6 Å². The summed E-state index contributed by atoms with van der Waals surface area (Å²) in [5.74, 6) is -3.82. The Morgan fingerprint density at radius 3 is 2.19 bits per heavy atom. The van der Waals surface area contributed by atoms with Gasteiger partial charge in [0.15, 0.2) is 5.82 Å². The number of nitrogens with zero attached hydrogens (tertiary/aromatic N) is 4. The van der Waals surface area contributed by atoms with Gasteiger partial charge in [0.05, 0.1) is 17.6 Å². The van der Waals surface area contributed by atoms with Gasteiger partial charge in [-0.05, 0) is 44.5 Å². The molecule has 4 rings (SSSR count). The zero-order chi connectivity index (χ0) is 27.2. The van der Waals surface area contributed by atoms with Gasteiger partial charge in [0, 0.05) is 45.0 Å². The molecule has 0 unspecified atom stereocenters. The van der Waals surface area contributed by atoms with E-state index in [-0.39, 0.29) is 17.4 Å². The normalized spacial score (nSPS) is 16.5. The predicted octanol–water partition coefficient (Wildman–Crippen LogP) is 2.14. The van der Waals surface area contributed by atoms with Gasteiger partial charge in [-0.2, -0.15) is 13.2 Å². The molecule has 5 N–H and O–H groups in total. The van der Waals surface area contributed by atoms with E-state index >= 15 is 0 Å². The number of aromatic nitrogens is 2. The number of imidazole rings is 1. The van der Waals surface area contributed by atoms with Crippen molar-refractivity contribution < 1.29 is 32.7 Å². The number of carbonyl (C=O) groups excluding carboxylic acids is 2. The molecule has 1 aromatic carbocycles. The van der Waals surface area contributed by atoms with Gasteiger partial charge in [-0.15, -0.1) is 0 Å². The van der Waals surface area contributed by atoms with Gasteiger partial charge < -0.3 is 35.8 Å². The molecule has 2 fully saturated rings. The molecule has 2 amide bonds. The molecule has 37 heavy (non-hydrogen) atoms. The summed E-state index contributed by atoms with van der Waals surface area (Å²) in [6.45, 7) is 6.02. The second kappa shape index (κ2) is 12.0. The zero-order valence-electron chi connectivity index (χ0n) is 20.3. The number of amides is 2. The number of anilines is 3. The van der Waals surface area contributed by atoms with Crippen LogP contribution in [-0.4, -0.2) is 90.3 Å². The van der Waals surface area contributed by atoms with Crippen molar-refractivity contribution in [3.63, 3.8) is 0 Å². The van der Waals surface area contributed by atoms with E-state index in [1.54, 1.807) is 0 Å². The monoisotopic (exact) mass is 525 g/mol. The molecule has 2 aromatic rings. The molecule has 2 saturated heterocycles. The van der Waals surface area contributed by atoms with Crippen LogP contribution < -0.4 is 20.9 Å². The topological polar surface area (TPSA) is 148 Å². The Labute approximate surface area is 211 Å². The van der Waals surface area contributed by atoms with Gasteiger partial charge in [0.1, 0.15) is 5.69 Å². The molecule has 0 saturated carbocycles. The van der Waals surface area contributed by atoms with Gasteiger partial charge in [-0.3, -0.25) is 9.59 Å². The molecule has 0 aliphatic carbocycles. The minimum Gasteiger partial charge on any atom is -0.475 e. The zero-order valence-corrected chi connectivity index (χ0v) is 20.3. The van der Waals surface area contributed by atoms with Crippen LogP contribution in [0.2, 0.25) is 0 Å². The van der Waals surface area contributed by atoms with Crippen LogP contribution in [0, 0.1) is 0 Å². The molecule has 2 aliphatic heterocycles. The molecule has 0 bridgehead atoms. The number of aliphatic carboxylic acids is 1. The molecule has 0 radical (unpaired) electrons. The molecule has 11 nitrogen and oxygen atoms in total. The smallest absolute Gasteiger partial charge is 0.475 e. The number of alkyl halides is 3. The van der Waals surface area contributed by atoms with E-state index in [0.717, 1.165) is 63.5 Å². The van der Waals surface area contributed by atoms with Crippen molar-refractivity contribution in [1.82, 2.24) is 14.9 Å². The lowest BCUT2D eigenvalue weighted by atomic mass is 10.1. The number of piperidine rings is 1. The SMILES string of the molecule is CN1CCN(c2ccc(NC(=O)c3cnc(C(N)=O)[nH]3)c(N3CCCCC3)c2)CC1.O=C(O)C(F)(F)F. The molecule has 0 spiro atoms. The minimum atomic E-state index is -5.08. The van der Waals surface area contributed by atoms with Crippen molar-refractivity contribution in [1.29, 1.82) is 0 Å². The Balaban J connectivity index is 0.000000479. The second-order valence-electron chi connectivity index (χ2n) is 8.81. The summed E-state index contributed by atoms with van der Waals surface area (Å²) in [6.07, 6.45) is -0.224. The number of hydrogen-bond acceptors (Lipinski definition) is 7. The number of carboxylic acid groups (broad SMARTS) is 1. The van der Waals surface area contributed by atoms with Crippen LogP contribution in [-0.2, 0) is 4.79 Å². The van der Waals surface area contributed by atoms with Crippen molar-refractivity contribution in [2.24, 2.45) is 5.73 Å². The minimum absolute atomic E-state index is 0.0261. The van der Waals surface area contributed by atoms with Crippen LogP contribution >= 0.6 is 0 Å². The Morgan fingerprint density at radius 1 is 1.03 bits per heavy atom. The Kier molecular flexibility index (Phi) is 8.97. The number of piperazine rings is 1. The first-order valence-corrected chi connectivity index (χ1v) is 11.7. The third-order valence-electron chi connectivity index (χ3n) is 6.09. The van der Waals surface area contributed by atoms with Crippen LogP contribution in [0.4, 0.5) is 30.2 Å². The number of nitrogens with two attached hydrogens (primary N) is 1. The maximum absolute atomic E-state index is 12.7. The fourth-order valence-corrected chi connectivity index (χ4v) is 4.03. The highest BCUT2D eigenvalue weighted by atomic mass is 19.4. The quantitative estimate of drug-likeness (QED) is 0.464. The van der Waals surface area contributed by atoms with Crippen molar-refractivity contribution in [2.45, 2.75) is 25.4 Å². The highest BCUT2D eigenvalue weighted by Crippen LogP contribution is 2.33. The summed E-state index contributed by atoms with van der Waals surface area (Å²) < 4.78 is 31.7. The van der Waals surface area contributed by atoms with E-state index in [9.17, 15) is 22.8 Å². The fraction of sp³-hybridized carbons (Fsp3) is 0.478. The largest absolute Gasteiger partial charge is 0.490 e. The third kappa shape index (κ3) is 7.59. The van der Waals surface area contributed by atoms with Crippen LogP contribution in [0.15, 0.2) is 24.4 Å². The first-order valence-electron chi connectivity index (χ1n) is 11.7. The van der Waals surface area contributed by atoms with E-state index in [1.165, 1.54) is 18.3 Å². The number of likely N-dealkylation sites (N-methyl/N-ethyl adjacent to an activating group) is 1. The third-order valence-corrected chi connectivity index (χ3v) is 6.09. The Bertz CT molecular complexity index is 1110. The molecule has 0 atom stereocenters. The first-order chi connectivity index (χ1) is 17.5.